The average molecular weight is 415 g/mol. The largest absolute Gasteiger partial charge is 0.459 e. The van der Waals surface area contributed by atoms with Crippen molar-refractivity contribution in [3.8, 4) is 0 Å². The average Bonchev–Trinajstić information content (AvgIpc) is 3.13. The maximum absolute atomic E-state index is 12.0. The zero-order valence-electron chi connectivity index (χ0n) is 11.6. The molecule has 3 rings (SSSR count). The predicted octanol–water partition coefficient (Wildman–Crippen LogP) is 4.85. The number of carbonyl (C=O) groups is 1. The SMILES string of the molecule is O=C(Nc1nn(Cc2ccc(Cl)cc2Cl)cc1Br)c1ccco1. The lowest BCUT2D eigenvalue weighted by Crippen LogP contribution is -2.12. The highest BCUT2D eigenvalue weighted by atomic mass is 79.9. The Morgan fingerprint density at radius 2 is 2.17 bits per heavy atom. The number of aromatic nitrogens is 2. The zero-order chi connectivity index (χ0) is 16.4. The molecule has 0 bridgehead atoms. The molecule has 23 heavy (non-hydrogen) atoms. The van der Waals surface area contributed by atoms with E-state index in [0.717, 1.165) is 5.56 Å². The van der Waals surface area contributed by atoms with Crippen molar-refractivity contribution in [2.45, 2.75) is 6.54 Å². The van der Waals surface area contributed by atoms with E-state index in [-0.39, 0.29) is 11.7 Å². The highest BCUT2D eigenvalue weighted by Crippen LogP contribution is 2.25. The van der Waals surface area contributed by atoms with E-state index >= 15 is 0 Å². The van der Waals surface area contributed by atoms with Crippen LogP contribution in [0.4, 0.5) is 5.82 Å². The number of furan rings is 1. The number of nitrogens with one attached hydrogen (secondary N) is 1. The Labute approximate surface area is 150 Å². The Hall–Kier alpha value is -1.76. The van der Waals surface area contributed by atoms with Gasteiger partial charge in [0.15, 0.2) is 11.6 Å². The summed E-state index contributed by atoms with van der Waals surface area (Å²) >= 11 is 15.4. The van der Waals surface area contributed by atoms with Crippen LogP contribution in [-0.2, 0) is 6.54 Å². The van der Waals surface area contributed by atoms with Crippen LogP contribution in [0.5, 0.6) is 0 Å². The van der Waals surface area contributed by atoms with Crippen molar-refractivity contribution in [2.24, 2.45) is 0 Å². The second kappa shape index (κ2) is 6.78. The van der Waals surface area contributed by atoms with Gasteiger partial charge >= 0.3 is 0 Å². The van der Waals surface area contributed by atoms with Crippen molar-refractivity contribution < 1.29 is 9.21 Å². The van der Waals surface area contributed by atoms with Crippen LogP contribution in [0.2, 0.25) is 10.0 Å². The van der Waals surface area contributed by atoms with Crippen LogP contribution >= 0.6 is 39.1 Å². The third-order valence-electron chi connectivity index (χ3n) is 3.04. The fourth-order valence-electron chi connectivity index (χ4n) is 1.96. The summed E-state index contributed by atoms with van der Waals surface area (Å²) in [5.74, 6) is 0.245. The van der Waals surface area contributed by atoms with Crippen molar-refractivity contribution in [3.05, 3.63) is 68.6 Å². The van der Waals surface area contributed by atoms with Crippen molar-refractivity contribution in [3.63, 3.8) is 0 Å². The molecule has 5 nitrogen and oxygen atoms in total. The molecular weight excluding hydrogens is 405 g/mol. The van der Waals surface area contributed by atoms with E-state index in [1.165, 1.54) is 6.26 Å². The number of carbonyl (C=O) groups excluding carboxylic acids is 1. The normalized spacial score (nSPS) is 10.7. The predicted molar refractivity (Wildman–Crippen MR) is 92.2 cm³/mol. The summed E-state index contributed by atoms with van der Waals surface area (Å²) in [6.45, 7) is 0.450. The topological polar surface area (TPSA) is 60.1 Å². The van der Waals surface area contributed by atoms with E-state index in [0.29, 0.717) is 26.9 Å². The van der Waals surface area contributed by atoms with E-state index in [4.69, 9.17) is 27.6 Å². The molecule has 0 aliphatic rings. The number of hydrogen-bond donors (Lipinski definition) is 1. The van der Waals surface area contributed by atoms with Crippen LogP contribution < -0.4 is 5.32 Å². The van der Waals surface area contributed by atoms with Crippen LogP contribution in [-0.4, -0.2) is 15.7 Å². The van der Waals surface area contributed by atoms with Gasteiger partial charge in [-0.25, -0.2) is 0 Å². The first-order valence-corrected chi connectivity index (χ1v) is 8.09. The van der Waals surface area contributed by atoms with Gasteiger partial charge in [0.2, 0.25) is 0 Å². The molecule has 0 radical (unpaired) electrons. The fraction of sp³-hybridized carbons (Fsp3) is 0.0667. The molecule has 3 aromatic rings. The summed E-state index contributed by atoms with van der Waals surface area (Å²) in [6.07, 6.45) is 3.19. The van der Waals surface area contributed by atoms with Gasteiger partial charge in [0.05, 0.1) is 17.3 Å². The molecule has 0 aliphatic carbocycles. The Bertz CT molecular complexity index is 847. The van der Waals surface area contributed by atoms with Crippen LogP contribution in [0.15, 0.2) is 51.7 Å². The second-order valence-electron chi connectivity index (χ2n) is 4.69. The zero-order valence-corrected chi connectivity index (χ0v) is 14.7. The first-order valence-electron chi connectivity index (χ1n) is 6.54. The highest BCUT2D eigenvalue weighted by molar-refractivity contribution is 9.10. The fourth-order valence-corrected chi connectivity index (χ4v) is 2.85. The Kier molecular flexibility index (Phi) is 4.75. The Morgan fingerprint density at radius 3 is 2.87 bits per heavy atom. The maximum atomic E-state index is 12.0. The van der Waals surface area contributed by atoms with Crippen molar-refractivity contribution >= 4 is 50.9 Å². The molecule has 0 saturated carbocycles. The maximum Gasteiger partial charge on any atom is 0.292 e. The molecule has 0 unspecified atom stereocenters. The molecule has 0 atom stereocenters. The van der Waals surface area contributed by atoms with Crippen LogP contribution in [0, 0.1) is 0 Å². The molecule has 0 aliphatic heterocycles. The highest BCUT2D eigenvalue weighted by Gasteiger charge is 2.14. The summed E-state index contributed by atoms with van der Waals surface area (Å²) in [6, 6.07) is 8.50. The molecule has 1 amide bonds. The first kappa shape index (κ1) is 16.1. The molecule has 0 saturated heterocycles. The third kappa shape index (κ3) is 3.77. The van der Waals surface area contributed by atoms with Gasteiger partial charge < -0.3 is 9.73 Å². The third-order valence-corrected chi connectivity index (χ3v) is 4.21. The van der Waals surface area contributed by atoms with Gasteiger partial charge in [0.25, 0.3) is 5.91 Å². The lowest BCUT2D eigenvalue weighted by molar-refractivity contribution is 0.0996. The molecule has 8 heteroatoms. The van der Waals surface area contributed by atoms with E-state index in [1.54, 1.807) is 35.1 Å². The quantitative estimate of drug-likeness (QED) is 0.663. The molecule has 2 heterocycles. The van der Waals surface area contributed by atoms with Crippen LogP contribution in [0.1, 0.15) is 16.1 Å². The number of hydrogen-bond acceptors (Lipinski definition) is 3. The van der Waals surface area contributed by atoms with Gasteiger partial charge in [-0.3, -0.25) is 9.48 Å². The van der Waals surface area contributed by atoms with Gasteiger partial charge in [-0.15, -0.1) is 0 Å². The van der Waals surface area contributed by atoms with E-state index in [9.17, 15) is 4.79 Å². The standard InChI is InChI=1S/C15H10BrCl2N3O2/c16-11-8-21(7-9-3-4-10(17)6-12(9)18)20-14(11)19-15(22)13-2-1-5-23-13/h1-6,8H,7H2,(H,19,20,22). The van der Waals surface area contributed by atoms with Crippen molar-refractivity contribution in [1.82, 2.24) is 9.78 Å². The number of rotatable bonds is 4. The van der Waals surface area contributed by atoms with E-state index in [2.05, 4.69) is 26.3 Å². The van der Waals surface area contributed by atoms with Crippen molar-refractivity contribution in [1.29, 1.82) is 0 Å². The number of amides is 1. The lowest BCUT2D eigenvalue weighted by atomic mass is 10.2. The number of benzene rings is 1. The van der Waals surface area contributed by atoms with Gasteiger partial charge in [-0.2, -0.15) is 5.10 Å². The van der Waals surface area contributed by atoms with Gasteiger partial charge in [0, 0.05) is 16.2 Å². The molecule has 118 valence electrons. The molecular formula is C15H10BrCl2N3O2. The molecule has 0 fully saturated rings. The molecule has 0 spiro atoms. The summed E-state index contributed by atoms with van der Waals surface area (Å²) in [5.41, 5.74) is 0.870. The smallest absolute Gasteiger partial charge is 0.292 e. The molecule has 1 aromatic carbocycles. The summed E-state index contributed by atoms with van der Waals surface area (Å²) in [5, 5.41) is 8.14. The monoisotopic (exact) mass is 413 g/mol. The number of anilines is 1. The van der Waals surface area contributed by atoms with Crippen LogP contribution in [0.3, 0.4) is 0 Å². The molecule has 2 aromatic heterocycles. The number of nitrogens with zero attached hydrogens (tertiary/aromatic N) is 2. The first-order chi connectivity index (χ1) is 11.0. The lowest BCUT2D eigenvalue weighted by Gasteiger charge is -2.05. The minimum absolute atomic E-state index is 0.215. The van der Waals surface area contributed by atoms with Gasteiger partial charge in [-0.05, 0) is 45.8 Å². The number of halogens is 3. The molecule has 1 N–H and O–H groups in total. The Balaban J connectivity index is 1.77. The minimum Gasteiger partial charge on any atom is -0.459 e. The Morgan fingerprint density at radius 1 is 1.35 bits per heavy atom. The van der Waals surface area contributed by atoms with Gasteiger partial charge in [-0.1, -0.05) is 29.3 Å². The summed E-state index contributed by atoms with van der Waals surface area (Å²) in [4.78, 5) is 12.0. The summed E-state index contributed by atoms with van der Waals surface area (Å²) < 4.78 is 7.36. The van der Waals surface area contributed by atoms with Gasteiger partial charge in [0.1, 0.15) is 0 Å². The van der Waals surface area contributed by atoms with Crippen molar-refractivity contribution in [2.75, 3.05) is 5.32 Å². The van der Waals surface area contributed by atoms with E-state index in [1.807, 2.05) is 6.07 Å². The van der Waals surface area contributed by atoms with Crippen LogP contribution in [0.25, 0.3) is 0 Å². The van der Waals surface area contributed by atoms with E-state index < -0.39 is 0 Å². The second-order valence-corrected chi connectivity index (χ2v) is 6.39. The summed E-state index contributed by atoms with van der Waals surface area (Å²) in [7, 11) is 0. The minimum atomic E-state index is -0.370.